The van der Waals surface area contributed by atoms with Crippen LogP contribution in [0.3, 0.4) is 0 Å². The molecule has 1 aromatic carbocycles. The van der Waals surface area contributed by atoms with Gasteiger partial charge in [0.15, 0.2) is 10.6 Å². The maximum atomic E-state index is 5.86. The molecule has 0 radical (unpaired) electrons. The van der Waals surface area contributed by atoms with Crippen molar-refractivity contribution in [2.75, 3.05) is 6.61 Å². The predicted octanol–water partition coefficient (Wildman–Crippen LogP) is 4.84. The Kier molecular flexibility index (Phi) is 4.59. The minimum atomic E-state index is 0.250. The predicted molar refractivity (Wildman–Crippen MR) is 100 cm³/mol. The quantitative estimate of drug-likeness (QED) is 0.673. The van der Waals surface area contributed by atoms with E-state index in [9.17, 15) is 0 Å². The lowest BCUT2D eigenvalue weighted by Crippen LogP contribution is -2.24. The number of para-hydroxylation sites is 1. The van der Waals surface area contributed by atoms with Crippen LogP contribution < -0.4 is 4.80 Å². The molecule has 0 N–H and O–H groups in total. The molecular weight excluding hydrogens is 332 g/mol. The van der Waals surface area contributed by atoms with Crippen molar-refractivity contribution in [1.29, 1.82) is 0 Å². The highest BCUT2D eigenvalue weighted by Crippen LogP contribution is 2.26. The minimum absolute atomic E-state index is 0.250. The van der Waals surface area contributed by atoms with Crippen molar-refractivity contribution in [2.45, 2.75) is 39.3 Å². The fraction of sp³-hybridized carbons (Fsp3) is 0.350. The highest BCUT2D eigenvalue weighted by molar-refractivity contribution is 7.07. The lowest BCUT2D eigenvalue weighted by atomic mass is 10.1. The second-order valence-electron chi connectivity index (χ2n) is 6.48. The van der Waals surface area contributed by atoms with Gasteiger partial charge in [0.05, 0.1) is 30.3 Å². The maximum Gasteiger partial charge on any atom is 0.190 e. The van der Waals surface area contributed by atoms with Crippen molar-refractivity contribution < 1.29 is 9.15 Å². The third kappa shape index (κ3) is 3.34. The van der Waals surface area contributed by atoms with Crippen LogP contribution in [0.4, 0.5) is 5.69 Å². The summed E-state index contributed by atoms with van der Waals surface area (Å²) in [6.07, 6.45) is 4.20. The van der Waals surface area contributed by atoms with Gasteiger partial charge in [-0.1, -0.05) is 18.2 Å². The Hall–Kier alpha value is -2.11. The normalized spacial score (nSPS) is 18.2. The van der Waals surface area contributed by atoms with E-state index in [2.05, 4.69) is 42.0 Å². The van der Waals surface area contributed by atoms with E-state index in [4.69, 9.17) is 14.1 Å². The largest absolute Gasteiger partial charge is 0.463 e. The number of furan rings is 1. The van der Waals surface area contributed by atoms with E-state index in [1.54, 1.807) is 17.6 Å². The summed E-state index contributed by atoms with van der Waals surface area (Å²) in [6, 6.07) is 10.2. The first-order valence-corrected chi connectivity index (χ1v) is 9.55. The van der Waals surface area contributed by atoms with Crippen molar-refractivity contribution in [3.8, 4) is 11.5 Å². The molecule has 4 nitrogen and oxygen atoms in total. The minimum Gasteiger partial charge on any atom is -0.463 e. The summed E-state index contributed by atoms with van der Waals surface area (Å²) in [4.78, 5) is 5.98. The summed E-state index contributed by atoms with van der Waals surface area (Å²) >= 11 is 1.65. The van der Waals surface area contributed by atoms with Crippen molar-refractivity contribution in [1.82, 2.24) is 4.57 Å². The number of hydrogen-bond acceptors (Lipinski definition) is 4. The second-order valence-corrected chi connectivity index (χ2v) is 7.32. The molecule has 1 atom stereocenters. The Morgan fingerprint density at radius 2 is 2.04 bits per heavy atom. The van der Waals surface area contributed by atoms with Crippen LogP contribution >= 0.6 is 11.3 Å². The van der Waals surface area contributed by atoms with Gasteiger partial charge in [0, 0.05) is 12.0 Å². The fourth-order valence-corrected chi connectivity index (χ4v) is 4.19. The van der Waals surface area contributed by atoms with Gasteiger partial charge in [0.1, 0.15) is 0 Å². The lowest BCUT2D eigenvalue weighted by Gasteiger charge is -2.13. The van der Waals surface area contributed by atoms with Crippen LogP contribution in [0.1, 0.15) is 24.0 Å². The van der Waals surface area contributed by atoms with Gasteiger partial charge >= 0.3 is 0 Å². The molecule has 3 aromatic rings. The van der Waals surface area contributed by atoms with Crippen LogP contribution in [-0.2, 0) is 11.3 Å². The zero-order chi connectivity index (χ0) is 17.2. The number of rotatable bonds is 4. The highest BCUT2D eigenvalue weighted by Gasteiger charge is 2.20. The fourth-order valence-electron chi connectivity index (χ4n) is 3.29. The van der Waals surface area contributed by atoms with Gasteiger partial charge in [0.2, 0.25) is 0 Å². The third-order valence-electron chi connectivity index (χ3n) is 4.63. The molecule has 25 heavy (non-hydrogen) atoms. The molecule has 3 heterocycles. The van der Waals surface area contributed by atoms with Gasteiger partial charge in [-0.2, -0.15) is 0 Å². The van der Waals surface area contributed by atoms with Crippen molar-refractivity contribution in [2.24, 2.45) is 4.99 Å². The summed E-state index contributed by atoms with van der Waals surface area (Å²) in [5.74, 6) is 0.872. The van der Waals surface area contributed by atoms with Gasteiger partial charge in [-0.25, -0.2) is 4.99 Å². The first kappa shape index (κ1) is 16.4. The molecule has 0 aliphatic carbocycles. The highest BCUT2D eigenvalue weighted by atomic mass is 32.1. The van der Waals surface area contributed by atoms with Crippen molar-refractivity contribution >= 4 is 17.0 Å². The standard InChI is InChI=1S/C20H22N2O2S/c1-14-6-3-7-15(2)19(14)21-20-22(12-16-8-4-10-23-16)17(13-25-20)18-9-5-11-24-18/h3,5-7,9,11,13,16H,4,8,10,12H2,1-2H3. The zero-order valence-corrected chi connectivity index (χ0v) is 15.4. The number of benzene rings is 1. The Morgan fingerprint density at radius 3 is 2.72 bits per heavy atom. The molecule has 5 heteroatoms. The van der Waals surface area contributed by atoms with E-state index in [0.29, 0.717) is 0 Å². The van der Waals surface area contributed by atoms with Gasteiger partial charge in [0.25, 0.3) is 0 Å². The van der Waals surface area contributed by atoms with Gasteiger partial charge < -0.3 is 13.7 Å². The Bertz CT molecular complexity index is 895. The number of hydrogen-bond donors (Lipinski definition) is 0. The molecule has 1 saturated heterocycles. The Labute approximate surface area is 151 Å². The molecule has 0 saturated carbocycles. The molecule has 2 aromatic heterocycles. The summed E-state index contributed by atoms with van der Waals surface area (Å²) in [5.41, 5.74) is 4.50. The molecule has 1 fully saturated rings. The van der Waals surface area contributed by atoms with Crippen LogP contribution in [0.15, 0.2) is 51.4 Å². The van der Waals surface area contributed by atoms with Gasteiger partial charge in [-0.05, 0) is 49.9 Å². The van der Waals surface area contributed by atoms with E-state index >= 15 is 0 Å². The molecule has 1 aliphatic heterocycles. The molecule has 1 unspecified atom stereocenters. The number of aromatic nitrogens is 1. The number of ether oxygens (including phenoxy) is 1. The van der Waals surface area contributed by atoms with E-state index in [1.807, 2.05) is 12.1 Å². The third-order valence-corrected chi connectivity index (χ3v) is 5.49. The number of nitrogens with zero attached hydrogens (tertiary/aromatic N) is 2. The van der Waals surface area contributed by atoms with Crippen LogP contribution in [0, 0.1) is 13.8 Å². The lowest BCUT2D eigenvalue weighted by molar-refractivity contribution is 0.0967. The second kappa shape index (κ2) is 7.02. The van der Waals surface area contributed by atoms with Gasteiger partial charge in [-0.3, -0.25) is 0 Å². The summed E-state index contributed by atoms with van der Waals surface area (Å²) in [6.45, 7) is 5.88. The number of thiazole rings is 1. The molecular formula is C20H22N2O2S. The number of aryl methyl sites for hydroxylation is 2. The van der Waals surface area contributed by atoms with Crippen molar-refractivity contribution in [3.05, 3.63) is 57.9 Å². The molecule has 0 spiro atoms. The topological polar surface area (TPSA) is 39.7 Å². The molecule has 0 amide bonds. The Balaban J connectivity index is 1.83. The molecule has 0 bridgehead atoms. The van der Waals surface area contributed by atoms with Crippen LogP contribution in [0.2, 0.25) is 0 Å². The smallest absolute Gasteiger partial charge is 0.190 e. The summed E-state index contributed by atoms with van der Waals surface area (Å²) in [5, 5.41) is 2.13. The molecule has 1 aliphatic rings. The van der Waals surface area contributed by atoms with E-state index in [1.165, 1.54) is 11.1 Å². The monoisotopic (exact) mass is 354 g/mol. The summed E-state index contributed by atoms with van der Waals surface area (Å²) in [7, 11) is 0. The average molecular weight is 354 g/mol. The first-order chi connectivity index (χ1) is 12.2. The maximum absolute atomic E-state index is 5.86. The average Bonchev–Trinajstić information content (AvgIpc) is 3.34. The van der Waals surface area contributed by atoms with Crippen LogP contribution in [0.5, 0.6) is 0 Å². The SMILES string of the molecule is Cc1cccc(C)c1N=c1scc(-c2ccco2)n1CC1CCCO1. The zero-order valence-electron chi connectivity index (χ0n) is 14.6. The molecule has 4 rings (SSSR count). The first-order valence-electron chi connectivity index (χ1n) is 8.67. The van der Waals surface area contributed by atoms with E-state index in [-0.39, 0.29) is 6.10 Å². The molecule has 130 valence electrons. The summed E-state index contributed by atoms with van der Waals surface area (Å²) < 4.78 is 13.7. The van der Waals surface area contributed by atoms with Crippen molar-refractivity contribution in [3.63, 3.8) is 0 Å². The van der Waals surface area contributed by atoms with E-state index in [0.717, 1.165) is 47.9 Å². The van der Waals surface area contributed by atoms with Crippen LogP contribution in [0.25, 0.3) is 11.5 Å². The Morgan fingerprint density at radius 1 is 1.20 bits per heavy atom. The van der Waals surface area contributed by atoms with E-state index < -0.39 is 0 Å². The van der Waals surface area contributed by atoms with Crippen LogP contribution in [-0.4, -0.2) is 17.3 Å². The van der Waals surface area contributed by atoms with Gasteiger partial charge in [-0.15, -0.1) is 11.3 Å².